The Balaban J connectivity index is 1.58. The third-order valence-corrected chi connectivity index (χ3v) is 7.53. The molecule has 0 aliphatic heterocycles. The lowest BCUT2D eigenvalue weighted by Gasteiger charge is -2.51. The molecule has 6 atom stereocenters. The lowest BCUT2D eigenvalue weighted by atomic mass is 9.55. The Kier molecular flexibility index (Phi) is 4.06. The van der Waals surface area contributed by atoms with Crippen LogP contribution in [0.15, 0.2) is 18.2 Å². The van der Waals surface area contributed by atoms with Crippen LogP contribution in [0.3, 0.4) is 0 Å². The van der Waals surface area contributed by atoms with Crippen molar-refractivity contribution in [2.75, 3.05) is 0 Å². The molecule has 4 nitrogen and oxygen atoms in total. The van der Waals surface area contributed by atoms with E-state index in [4.69, 9.17) is 0 Å². The molecule has 0 amide bonds. The first-order chi connectivity index (χ1) is 11.9. The number of carboxylic acid groups (broad SMARTS) is 1. The predicted octanol–water partition coefficient (Wildman–Crippen LogP) is 3.68. The van der Waals surface area contributed by atoms with E-state index in [0.717, 1.165) is 19.3 Å². The molecular formula is C21H29NO3. The molecule has 0 aromatic heterocycles. The standard InChI is InChI=1S/C21H29NO3/c1-12(20(24)25)22-19-8-7-18-17-5-3-13-11-14(23)4-6-15(13)16(17)9-10-21(18,19)2/h4,6,11-12,16-19,22-23H,3,5,7-10H2,1-2H3,(H,24,25)/t12-,16?,17?,18?,19?,21-/m0/s1. The summed E-state index contributed by atoms with van der Waals surface area (Å²) in [5.74, 6) is 1.60. The number of hydrogen-bond donors (Lipinski definition) is 3. The summed E-state index contributed by atoms with van der Waals surface area (Å²) in [6.07, 6.45) is 6.88. The number of nitrogens with one attached hydrogen (secondary N) is 1. The number of fused-ring (bicyclic) bond motifs is 5. The van der Waals surface area contributed by atoms with Gasteiger partial charge in [-0.3, -0.25) is 4.79 Å². The molecule has 1 aromatic rings. The van der Waals surface area contributed by atoms with Crippen molar-refractivity contribution in [1.82, 2.24) is 5.32 Å². The van der Waals surface area contributed by atoms with Crippen LogP contribution in [-0.4, -0.2) is 28.3 Å². The maximum absolute atomic E-state index is 11.3. The number of phenolic OH excluding ortho intramolecular Hbond substituents is 1. The van der Waals surface area contributed by atoms with E-state index in [1.807, 2.05) is 12.1 Å². The van der Waals surface area contributed by atoms with Crippen molar-refractivity contribution < 1.29 is 15.0 Å². The van der Waals surface area contributed by atoms with Gasteiger partial charge >= 0.3 is 5.97 Å². The van der Waals surface area contributed by atoms with Crippen LogP contribution < -0.4 is 5.32 Å². The Hall–Kier alpha value is -1.55. The van der Waals surface area contributed by atoms with Gasteiger partial charge in [-0.2, -0.15) is 0 Å². The lowest BCUT2D eigenvalue weighted by Crippen LogP contribution is -2.52. The Labute approximate surface area is 149 Å². The first-order valence-corrected chi connectivity index (χ1v) is 9.71. The molecule has 0 saturated heterocycles. The number of hydrogen-bond acceptors (Lipinski definition) is 3. The van der Waals surface area contributed by atoms with Crippen molar-refractivity contribution >= 4 is 5.97 Å². The summed E-state index contributed by atoms with van der Waals surface area (Å²) in [5, 5.41) is 22.4. The van der Waals surface area contributed by atoms with E-state index in [1.54, 1.807) is 6.92 Å². The Morgan fingerprint density at radius 1 is 1.28 bits per heavy atom. The maximum Gasteiger partial charge on any atom is 0.320 e. The van der Waals surface area contributed by atoms with E-state index in [9.17, 15) is 15.0 Å². The molecule has 4 unspecified atom stereocenters. The van der Waals surface area contributed by atoms with Gasteiger partial charge in [0.05, 0.1) is 0 Å². The highest BCUT2D eigenvalue weighted by molar-refractivity contribution is 5.72. The van der Waals surface area contributed by atoms with Crippen LogP contribution in [0.4, 0.5) is 0 Å². The summed E-state index contributed by atoms with van der Waals surface area (Å²) < 4.78 is 0. The minimum atomic E-state index is -0.757. The Morgan fingerprint density at radius 3 is 2.84 bits per heavy atom. The second-order valence-corrected chi connectivity index (χ2v) is 8.70. The zero-order valence-corrected chi connectivity index (χ0v) is 15.2. The number of aliphatic carboxylic acids is 1. The van der Waals surface area contributed by atoms with Gasteiger partial charge in [0.15, 0.2) is 0 Å². The van der Waals surface area contributed by atoms with Gasteiger partial charge in [0.1, 0.15) is 11.8 Å². The van der Waals surface area contributed by atoms with Crippen molar-refractivity contribution in [3.8, 4) is 5.75 Å². The second-order valence-electron chi connectivity index (χ2n) is 8.70. The van der Waals surface area contributed by atoms with Crippen LogP contribution in [0.5, 0.6) is 5.75 Å². The number of phenols is 1. The number of rotatable bonds is 3. The SMILES string of the molecule is C[C@H](NC1CCC2C3CCc4cc(O)ccc4C3CC[C@]12C)C(=O)O. The summed E-state index contributed by atoms with van der Waals surface area (Å²) >= 11 is 0. The molecule has 2 saturated carbocycles. The largest absolute Gasteiger partial charge is 0.508 e. The Morgan fingerprint density at radius 2 is 2.08 bits per heavy atom. The third-order valence-electron chi connectivity index (χ3n) is 7.53. The van der Waals surface area contributed by atoms with Crippen LogP contribution in [-0.2, 0) is 11.2 Å². The third kappa shape index (κ3) is 2.66. The van der Waals surface area contributed by atoms with Crippen LogP contribution >= 0.6 is 0 Å². The van der Waals surface area contributed by atoms with Gasteiger partial charge in [0.2, 0.25) is 0 Å². The van der Waals surface area contributed by atoms with Crippen molar-refractivity contribution in [2.24, 2.45) is 17.3 Å². The van der Waals surface area contributed by atoms with Gasteiger partial charge in [-0.05, 0) is 91.9 Å². The average molecular weight is 343 g/mol. The van der Waals surface area contributed by atoms with E-state index in [-0.39, 0.29) is 5.41 Å². The predicted molar refractivity (Wildman–Crippen MR) is 96.7 cm³/mol. The van der Waals surface area contributed by atoms with Crippen molar-refractivity contribution in [3.63, 3.8) is 0 Å². The van der Waals surface area contributed by atoms with Crippen LogP contribution in [0, 0.1) is 17.3 Å². The van der Waals surface area contributed by atoms with Crippen LogP contribution in [0.2, 0.25) is 0 Å². The second kappa shape index (κ2) is 6.01. The van der Waals surface area contributed by atoms with Gasteiger partial charge < -0.3 is 15.5 Å². The van der Waals surface area contributed by atoms with Gasteiger partial charge in [-0.15, -0.1) is 0 Å². The average Bonchev–Trinajstić information content (AvgIpc) is 2.91. The van der Waals surface area contributed by atoms with E-state index in [2.05, 4.69) is 18.3 Å². The monoisotopic (exact) mass is 343 g/mol. The molecule has 3 aliphatic carbocycles. The molecule has 25 heavy (non-hydrogen) atoms. The summed E-state index contributed by atoms with van der Waals surface area (Å²) in [6, 6.07) is 5.76. The maximum atomic E-state index is 11.3. The molecule has 3 aliphatic rings. The minimum Gasteiger partial charge on any atom is -0.508 e. The highest BCUT2D eigenvalue weighted by Gasteiger charge is 2.54. The van der Waals surface area contributed by atoms with Crippen molar-refractivity contribution in [1.29, 1.82) is 0 Å². The molecule has 1 aromatic carbocycles. The zero-order chi connectivity index (χ0) is 17.8. The number of aromatic hydroxyl groups is 1. The quantitative estimate of drug-likeness (QED) is 0.783. The summed E-state index contributed by atoms with van der Waals surface area (Å²) in [5.41, 5.74) is 2.99. The molecule has 4 rings (SSSR count). The summed E-state index contributed by atoms with van der Waals surface area (Å²) in [7, 11) is 0. The van der Waals surface area contributed by atoms with Crippen molar-refractivity contribution in [3.05, 3.63) is 29.3 Å². The van der Waals surface area contributed by atoms with E-state index < -0.39 is 12.0 Å². The summed E-state index contributed by atoms with van der Waals surface area (Å²) in [6.45, 7) is 4.15. The molecule has 0 bridgehead atoms. The van der Waals surface area contributed by atoms with E-state index >= 15 is 0 Å². The van der Waals surface area contributed by atoms with E-state index in [0.29, 0.717) is 29.5 Å². The molecule has 2 fully saturated rings. The molecule has 0 radical (unpaired) electrons. The highest BCUT2D eigenvalue weighted by atomic mass is 16.4. The molecular weight excluding hydrogens is 314 g/mol. The van der Waals surface area contributed by atoms with Gasteiger partial charge in [-0.25, -0.2) is 0 Å². The number of carbonyl (C=O) groups is 1. The molecule has 0 spiro atoms. The van der Waals surface area contributed by atoms with Gasteiger partial charge in [0.25, 0.3) is 0 Å². The normalized spacial score (nSPS) is 37.7. The molecule has 0 heterocycles. The first kappa shape index (κ1) is 16.9. The topological polar surface area (TPSA) is 69.6 Å². The first-order valence-electron chi connectivity index (χ1n) is 9.71. The number of benzene rings is 1. The van der Waals surface area contributed by atoms with Crippen LogP contribution in [0.1, 0.15) is 63.0 Å². The van der Waals surface area contributed by atoms with Crippen molar-refractivity contribution in [2.45, 2.75) is 70.4 Å². The molecule has 4 heteroatoms. The molecule has 3 N–H and O–H groups in total. The fourth-order valence-electron chi connectivity index (χ4n) is 6.22. The summed E-state index contributed by atoms with van der Waals surface area (Å²) in [4.78, 5) is 11.3. The van der Waals surface area contributed by atoms with Gasteiger partial charge in [0, 0.05) is 6.04 Å². The zero-order valence-electron chi connectivity index (χ0n) is 15.2. The molecule has 136 valence electrons. The number of carboxylic acids is 1. The van der Waals surface area contributed by atoms with E-state index in [1.165, 1.54) is 30.4 Å². The lowest BCUT2D eigenvalue weighted by molar-refractivity contribution is -0.139. The van der Waals surface area contributed by atoms with Crippen LogP contribution in [0.25, 0.3) is 0 Å². The minimum absolute atomic E-state index is 0.208. The number of aryl methyl sites for hydroxylation is 1. The Bertz CT molecular complexity index is 688. The fourth-order valence-corrected chi connectivity index (χ4v) is 6.22. The smallest absolute Gasteiger partial charge is 0.320 e. The van der Waals surface area contributed by atoms with Gasteiger partial charge in [-0.1, -0.05) is 13.0 Å². The fraction of sp³-hybridized carbons (Fsp3) is 0.667. The highest BCUT2D eigenvalue weighted by Crippen LogP contribution is 2.61.